The number of benzene rings is 2. The minimum absolute atomic E-state index is 0.103. The van der Waals surface area contributed by atoms with E-state index >= 15 is 0 Å². The van der Waals surface area contributed by atoms with Crippen LogP contribution < -0.4 is 0 Å². The van der Waals surface area contributed by atoms with Crippen LogP contribution in [0.1, 0.15) is 23.1 Å². The summed E-state index contributed by atoms with van der Waals surface area (Å²) in [6.07, 6.45) is -3.14. The van der Waals surface area contributed by atoms with Crippen LogP contribution in [0.2, 0.25) is 0 Å². The van der Waals surface area contributed by atoms with Crippen LogP contribution in [0.3, 0.4) is 0 Å². The molecule has 1 N–H and O–H groups in total. The summed E-state index contributed by atoms with van der Waals surface area (Å²) in [6, 6.07) is 12.3. The van der Waals surface area contributed by atoms with Gasteiger partial charge in [-0.05, 0) is 41.8 Å². The highest BCUT2D eigenvalue weighted by Crippen LogP contribution is 2.36. The van der Waals surface area contributed by atoms with E-state index in [0.717, 1.165) is 43.7 Å². The van der Waals surface area contributed by atoms with Gasteiger partial charge >= 0.3 is 6.18 Å². The second kappa shape index (κ2) is 11.2. The zero-order valence-corrected chi connectivity index (χ0v) is 19.7. The summed E-state index contributed by atoms with van der Waals surface area (Å²) in [7, 11) is 2.08. The quantitative estimate of drug-likeness (QED) is 0.628. The van der Waals surface area contributed by atoms with E-state index in [1.807, 2.05) is 24.3 Å². The van der Waals surface area contributed by atoms with E-state index in [2.05, 4.69) is 21.7 Å². The van der Waals surface area contributed by atoms with Gasteiger partial charge in [0, 0.05) is 52.4 Å². The van der Waals surface area contributed by atoms with Gasteiger partial charge in [0.15, 0.2) is 0 Å². The number of aliphatic hydroxyl groups excluding tert-OH is 1. The second-order valence-corrected chi connectivity index (χ2v) is 9.39. The summed E-state index contributed by atoms with van der Waals surface area (Å²) < 4.78 is 47.7. The van der Waals surface area contributed by atoms with E-state index in [1.54, 1.807) is 12.1 Å². The Balaban J connectivity index is 1.42. The molecule has 0 aromatic heterocycles. The van der Waals surface area contributed by atoms with Crippen molar-refractivity contribution in [3.63, 3.8) is 0 Å². The Morgan fingerprint density at radius 1 is 0.941 bits per heavy atom. The predicted octanol–water partition coefficient (Wildman–Crippen LogP) is 3.70. The molecule has 0 spiro atoms. The van der Waals surface area contributed by atoms with Gasteiger partial charge in [0.25, 0.3) is 0 Å². The molecule has 5 nitrogen and oxygen atoms in total. The number of nitrogens with zero attached hydrogens (tertiary/aromatic N) is 3. The lowest BCUT2D eigenvalue weighted by atomic mass is 9.97. The van der Waals surface area contributed by atoms with E-state index in [9.17, 15) is 13.2 Å². The highest BCUT2D eigenvalue weighted by atomic mass is 19.4. The van der Waals surface area contributed by atoms with Crippen molar-refractivity contribution in [2.75, 3.05) is 59.5 Å². The van der Waals surface area contributed by atoms with Crippen LogP contribution in [0.4, 0.5) is 13.2 Å². The maximum Gasteiger partial charge on any atom is 0.416 e. The van der Waals surface area contributed by atoms with E-state index in [-0.39, 0.29) is 19.3 Å². The zero-order chi connectivity index (χ0) is 24.1. The van der Waals surface area contributed by atoms with Crippen LogP contribution in [0.25, 0.3) is 11.1 Å². The third kappa shape index (κ3) is 6.58. The fraction of sp³-hybridized carbons (Fsp3) is 0.538. The minimum Gasteiger partial charge on any atom is -0.395 e. The number of piperazine rings is 1. The molecule has 4 rings (SSSR count). The summed E-state index contributed by atoms with van der Waals surface area (Å²) in [5.74, 6) is 0. The number of ether oxygens (including phenoxy) is 1. The molecule has 2 aliphatic rings. The largest absolute Gasteiger partial charge is 0.416 e. The number of halogens is 3. The number of aliphatic hydroxyl groups is 1. The molecule has 0 aliphatic carbocycles. The number of likely N-dealkylation sites (tertiary alicyclic amines) is 1. The van der Waals surface area contributed by atoms with Crippen LogP contribution in [0.5, 0.6) is 0 Å². The monoisotopic (exact) mass is 477 g/mol. The van der Waals surface area contributed by atoms with Gasteiger partial charge in [-0.1, -0.05) is 36.4 Å². The first kappa shape index (κ1) is 25.1. The third-order valence-corrected chi connectivity index (χ3v) is 6.81. The van der Waals surface area contributed by atoms with Crippen molar-refractivity contribution in [2.24, 2.45) is 0 Å². The topological polar surface area (TPSA) is 39.2 Å². The summed E-state index contributed by atoms with van der Waals surface area (Å²) in [5, 5.41) is 9.07. The lowest BCUT2D eigenvalue weighted by molar-refractivity contribution is -0.138. The first-order chi connectivity index (χ1) is 16.3. The average Bonchev–Trinajstić information content (AvgIpc) is 3.24. The molecule has 0 saturated carbocycles. The molecular weight excluding hydrogens is 443 g/mol. The Morgan fingerprint density at radius 2 is 1.62 bits per heavy atom. The van der Waals surface area contributed by atoms with Crippen molar-refractivity contribution < 1.29 is 23.0 Å². The van der Waals surface area contributed by atoms with Crippen molar-refractivity contribution >= 4 is 0 Å². The molecular formula is C26H34F3N3O2. The third-order valence-electron chi connectivity index (χ3n) is 6.81. The molecule has 0 amide bonds. The molecule has 2 fully saturated rings. The first-order valence-electron chi connectivity index (χ1n) is 12.0. The number of hydrogen-bond acceptors (Lipinski definition) is 5. The molecule has 2 aromatic carbocycles. The van der Waals surface area contributed by atoms with Gasteiger partial charge in [-0.15, -0.1) is 0 Å². The summed E-state index contributed by atoms with van der Waals surface area (Å²) in [5.41, 5.74) is 2.08. The van der Waals surface area contributed by atoms with Gasteiger partial charge in [-0.2, -0.15) is 13.2 Å². The molecule has 2 aliphatic heterocycles. The van der Waals surface area contributed by atoms with Gasteiger partial charge in [0.2, 0.25) is 0 Å². The Labute approximate surface area is 199 Å². The van der Waals surface area contributed by atoms with E-state index in [4.69, 9.17) is 9.84 Å². The van der Waals surface area contributed by atoms with E-state index in [1.165, 1.54) is 6.07 Å². The lowest BCUT2D eigenvalue weighted by Crippen LogP contribution is -2.46. The number of β-amino-alcohol motifs (C(OH)–C–C–N with tert-alkyl or cyclic N) is 1. The lowest BCUT2D eigenvalue weighted by Gasteiger charge is -2.34. The van der Waals surface area contributed by atoms with E-state index < -0.39 is 11.7 Å². The number of likely N-dealkylation sites (N-methyl/N-ethyl adjacent to an activating group) is 1. The maximum absolute atomic E-state index is 13.9. The smallest absolute Gasteiger partial charge is 0.395 e. The normalized spacial score (nSPS) is 20.8. The number of rotatable bonds is 8. The molecule has 2 aromatic rings. The summed E-state index contributed by atoms with van der Waals surface area (Å²) in [4.78, 5) is 6.42. The second-order valence-electron chi connectivity index (χ2n) is 9.39. The molecule has 0 bridgehead atoms. The van der Waals surface area contributed by atoms with Crippen molar-refractivity contribution in [3.05, 3.63) is 59.2 Å². The fourth-order valence-corrected chi connectivity index (χ4v) is 4.75. The predicted molar refractivity (Wildman–Crippen MR) is 126 cm³/mol. The summed E-state index contributed by atoms with van der Waals surface area (Å²) >= 11 is 0. The van der Waals surface area contributed by atoms with Crippen molar-refractivity contribution in [3.8, 4) is 11.1 Å². The SMILES string of the molecule is CN1CCC(OCc2ccc(-c3ccc(CN4CCN(CCO)CC4)c(C(F)(F)F)c3)cc2)C1. The van der Waals surface area contributed by atoms with Gasteiger partial charge in [-0.25, -0.2) is 0 Å². The molecule has 34 heavy (non-hydrogen) atoms. The number of hydrogen-bond donors (Lipinski definition) is 1. The zero-order valence-electron chi connectivity index (χ0n) is 19.7. The van der Waals surface area contributed by atoms with Crippen molar-refractivity contribution in [1.29, 1.82) is 0 Å². The molecule has 1 unspecified atom stereocenters. The van der Waals surface area contributed by atoms with Crippen LogP contribution in [-0.4, -0.2) is 85.4 Å². The standard InChI is InChI=1S/C26H34F3N3O2/c1-30-9-8-24(18-30)34-19-20-2-4-21(5-3-20)22-6-7-23(25(16-22)26(27,28)29)17-32-12-10-31(11-13-32)14-15-33/h2-7,16,24,33H,8-15,17-19H2,1H3. The molecule has 2 saturated heterocycles. The molecule has 0 radical (unpaired) electrons. The van der Waals surface area contributed by atoms with Crippen molar-refractivity contribution in [2.45, 2.75) is 31.9 Å². The van der Waals surface area contributed by atoms with Crippen molar-refractivity contribution in [1.82, 2.24) is 14.7 Å². The first-order valence-corrected chi connectivity index (χ1v) is 12.0. The molecule has 8 heteroatoms. The van der Waals surface area contributed by atoms with Crippen LogP contribution in [0, 0.1) is 0 Å². The molecule has 1 atom stereocenters. The Bertz CT molecular complexity index is 928. The summed E-state index contributed by atoms with van der Waals surface area (Å²) in [6.45, 7) is 6.38. The van der Waals surface area contributed by atoms with Gasteiger partial charge in [0.1, 0.15) is 0 Å². The van der Waals surface area contributed by atoms with E-state index in [0.29, 0.717) is 37.4 Å². The number of alkyl halides is 3. The maximum atomic E-state index is 13.9. The van der Waals surface area contributed by atoms with Gasteiger partial charge in [0.05, 0.1) is 24.9 Å². The highest BCUT2D eigenvalue weighted by Gasteiger charge is 2.34. The molecule has 2 heterocycles. The van der Waals surface area contributed by atoms with Crippen LogP contribution in [0.15, 0.2) is 42.5 Å². The Hall–Kier alpha value is -1.97. The molecule has 186 valence electrons. The highest BCUT2D eigenvalue weighted by molar-refractivity contribution is 5.65. The Kier molecular flexibility index (Phi) is 8.26. The minimum atomic E-state index is -4.41. The Morgan fingerprint density at radius 3 is 2.24 bits per heavy atom. The van der Waals surface area contributed by atoms with Crippen LogP contribution in [-0.2, 0) is 24.1 Å². The average molecular weight is 478 g/mol. The van der Waals surface area contributed by atoms with Crippen LogP contribution >= 0.6 is 0 Å². The van der Waals surface area contributed by atoms with Gasteiger partial charge in [-0.3, -0.25) is 9.80 Å². The fourth-order valence-electron chi connectivity index (χ4n) is 4.75. The van der Waals surface area contributed by atoms with Gasteiger partial charge < -0.3 is 14.7 Å².